The van der Waals surface area contributed by atoms with Crippen molar-refractivity contribution in [3.63, 3.8) is 0 Å². The van der Waals surface area contributed by atoms with Gasteiger partial charge in [0, 0.05) is 15.6 Å². The Morgan fingerprint density at radius 2 is 1.83 bits per heavy atom. The Morgan fingerprint density at radius 3 is 2.48 bits per heavy atom. The Kier molecular flexibility index (Phi) is 5.43. The highest BCUT2D eigenvalue weighted by atomic mass is 35.5. The molecule has 1 unspecified atom stereocenters. The number of anilines is 1. The molecule has 3 nitrogen and oxygen atoms in total. The summed E-state index contributed by atoms with van der Waals surface area (Å²) in [6.07, 6.45) is -4.50. The molecule has 0 radical (unpaired) electrons. The van der Waals surface area contributed by atoms with E-state index in [0.29, 0.717) is 9.92 Å². The molecule has 23 heavy (non-hydrogen) atoms. The molecule has 0 saturated carbocycles. The second-order valence-corrected chi connectivity index (χ2v) is 6.46. The van der Waals surface area contributed by atoms with Crippen LogP contribution in [-0.2, 0) is 21.8 Å². The number of hydrogen-bond acceptors (Lipinski definition) is 2. The van der Waals surface area contributed by atoms with Crippen molar-refractivity contribution in [1.82, 2.24) is 0 Å². The average molecular weight is 362 g/mol. The summed E-state index contributed by atoms with van der Waals surface area (Å²) in [5.41, 5.74) is -0.876. The fraction of sp³-hybridized carbons (Fsp3) is 0.133. The average Bonchev–Trinajstić information content (AvgIpc) is 2.46. The van der Waals surface area contributed by atoms with Gasteiger partial charge in [0.25, 0.3) is 0 Å². The van der Waals surface area contributed by atoms with E-state index in [4.69, 9.17) is 11.6 Å². The standard InChI is InChI=1S/C15H11ClF3NO2S/c16-11-4-2-6-13(8-11)23(22)9-14(21)20-12-5-1-3-10(7-12)15(17,18)19/h1-8H,9H2,(H,20,21). The molecular weight excluding hydrogens is 351 g/mol. The zero-order valence-electron chi connectivity index (χ0n) is 11.6. The van der Waals surface area contributed by atoms with E-state index in [1.165, 1.54) is 18.2 Å². The van der Waals surface area contributed by atoms with Crippen LogP contribution >= 0.6 is 11.6 Å². The molecule has 0 aromatic heterocycles. The number of hydrogen-bond donors (Lipinski definition) is 1. The van der Waals surface area contributed by atoms with E-state index in [1.807, 2.05) is 0 Å². The minimum absolute atomic E-state index is 0.00656. The van der Waals surface area contributed by atoms with Gasteiger partial charge in [-0.2, -0.15) is 13.2 Å². The van der Waals surface area contributed by atoms with Crippen LogP contribution in [0.5, 0.6) is 0 Å². The van der Waals surface area contributed by atoms with Gasteiger partial charge in [-0.3, -0.25) is 9.00 Å². The Balaban J connectivity index is 2.04. The maximum absolute atomic E-state index is 12.6. The van der Waals surface area contributed by atoms with Crippen molar-refractivity contribution >= 4 is 34.0 Å². The van der Waals surface area contributed by atoms with Crippen molar-refractivity contribution in [2.75, 3.05) is 11.1 Å². The molecular formula is C15H11ClF3NO2S. The summed E-state index contributed by atoms with van der Waals surface area (Å²) < 4.78 is 49.8. The fourth-order valence-corrected chi connectivity index (χ4v) is 3.00. The van der Waals surface area contributed by atoms with Crippen molar-refractivity contribution in [3.05, 3.63) is 59.1 Å². The van der Waals surface area contributed by atoms with Crippen molar-refractivity contribution in [2.24, 2.45) is 0 Å². The lowest BCUT2D eigenvalue weighted by Crippen LogP contribution is -2.20. The number of alkyl halides is 3. The number of rotatable bonds is 4. The van der Waals surface area contributed by atoms with Gasteiger partial charge in [-0.05, 0) is 36.4 Å². The fourth-order valence-electron chi connectivity index (χ4n) is 1.78. The third kappa shape index (κ3) is 5.07. The first-order valence-corrected chi connectivity index (χ1v) is 8.06. The molecule has 2 aromatic rings. The van der Waals surface area contributed by atoms with Crippen LogP contribution < -0.4 is 5.32 Å². The van der Waals surface area contributed by atoms with Gasteiger partial charge in [0.2, 0.25) is 5.91 Å². The number of carbonyl (C=O) groups excluding carboxylic acids is 1. The maximum Gasteiger partial charge on any atom is 0.416 e. The smallest absolute Gasteiger partial charge is 0.325 e. The lowest BCUT2D eigenvalue weighted by Gasteiger charge is -2.10. The molecule has 0 heterocycles. The predicted molar refractivity (Wildman–Crippen MR) is 82.8 cm³/mol. The molecule has 1 atom stereocenters. The number of benzene rings is 2. The second kappa shape index (κ2) is 7.14. The molecule has 0 bridgehead atoms. The first kappa shape index (κ1) is 17.5. The summed E-state index contributed by atoms with van der Waals surface area (Å²) in [5.74, 6) is -1.03. The Morgan fingerprint density at radius 1 is 1.13 bits per heavy atom. The van der Waals surface area contributed by atoms with E-state index in [0.717, 1.165) is 12.1 Å². The summed E-state index contributed by atoms with van der Waals surface area (Å²) in [5, 5.41) is 2.69. The zero-order valence-corrected chi connectivity index (χ0v) is 13.1. The van der Waals surface area contributed by atoms with Crippen LogP contribution in [0.25, 0.3) is 0 Å². The molecule has 2 rings (SSSR count). The molecule has 8 heteroatoms. The highest BCUT2D eigenvalue weighted by molar-refractivity contribution is 7.85. The van der Waals surface area contributed by atoms with E-state index >= 15 is 0 Å². The molecule has 0 spiro atoms. The van der Waals surface area contributed by atoms with E-state index in [-0.39, 0.29) is 11.4 Å². The second-order valence-electron chi connectivity index (χ2n) is 4.57. The van der Waals surface area contributed by atoms with Gasteiger partial charge in [0.1, 0.15) is 5.75 Å². The van der Waals surface area contributed by atoms with Gasteiger partial charge < -0.3 is 5.32 Å². The van der Waals surface area contributed by atoms with Gasteiger partial charge in [0.05, 0.1) is 16.4 Å². The minimum Gasteiger partial charge on any atom is -0.325 e. The monoisotopic (exact) mass is 361 g/mol. The van der Waals surface area contributed by atoms with Gasteiger partial charge in [0.15, 0.2) is 0 Å². The number of amides is 1. The Hall–Kier alpha value is -1.86. The van der Waals surface area contributed by atoms with E-state index < -0.39 is 28.4 Å². The molecule has 0 saturated heterocycles. The molecule has 1 N–H and O–H groups in total. The Labute approximate surface area is 137 Å². The molecule has 0 fully saturated rings. The quantitative estimate of drug-likeness (QED) is 0.891. The summed E-state index contributed by atoms with van der Waals surface area (Å²) in [7, 11) is -1.64. The molecule has 2 aromatic carbocycles. The van der Waals surface area contributed by atoms with Crippen molar-refractivity contribution in [1.29, 1.82) is 0 Å². The number of halogens is 4. The van der Waals surface area contributed by atoms with Crippen LogP contribution in [0.1, 0.15) is 5.56 Å². The SMILES string of the molecule is O=C(CS(=O)c1cccc(Cl)c1)Nc1cccc(C(F)(F)F)c1. The highest BCUT2D eigenvalue weighted by Gasteiger charge is 2.30. The number of carbonyl (C=O) groups is 1. The van der Waals surface area contributed by atoms with Gasteiger partial charge in [-0.25, -0.2) is 0 Å². The van der Waals surface area contributed by atoms with Crippen LogP contribution in [-0.4, -0.2) is 15.9 Å². The summed E-state index contributed by atoms with van der Waals surface area (Å²) in [4.78, 5) is 12.2. The largest absolute Gasteiger partial charge is 0.416 e. The van der Waals surface area contributed by atoms with Gasteiger partial charge >= 0.3 is 6.18 Å². The summed E-state index contributed by atoms with van der Waals surface area (Å²) in [6, 6.07) is 10.5. The highest BCUT2D eigenvalue weighted by Crippen LogP contribution is 2.30. The molecule has 122 valence electrons. The van der Waals surface area contributed by atoms with Crippen molar-refractivity contribution in [3.8, 4) is 0 Å². The third-order valence-electron chi connectivity index (χ3n) is 2.79. The zero-order chi connectivity index (χ0) is 17.0. The van der Waals surface area contributed by atoms with Crippen LogP contribution in [0.3, 0.4) is 0 Å². The number of nitrogens with one attached hydrogen (secondary N) is 1. The third-order valence-corrected chi connectivity index (χ3v) is 4.33. The minimum atomic E-state index is -4.50. The first-order chi connectivity index (χ1) is 10.8. The van der Waals surface area contributed by atoms with Crippen LogP contribution in [0.2, 0.25) is 5.02 Å². The molecule has 1 amide bonds. The predicted octanol–water partition coefficient (Wildman–Crippen LogP) is 4.11. The van der Waals surface area contributed by atoms with Gasteiger partial charge in [-0.15, -0.1) is 0 Å². The summed E-state index contributed by atoms with van der Waals surface area (Å²) >= 11 is 5.77. The maximum atomic E-state index is 12.6. The van der Waals surface area contributed by atoms with Crippen LogP contribution in [0.4, 0.5) is 18.9 Å². The van der Waals surface area contributed by atoms with Crippen LogP contribution in [0, 0.1) is 0 Å². The topological polar surface area (TPSA) is 46.2 Å². The normalized spacial score (nSPS) is 12.7. The van der Waals surface area contributed by atoms with Crippen molar-refractivity contribution in [2.45, 2.75) is 11.1 Å². The van der Waals surface area contributed by atoms with Gasteiger partial charge in [-0.1, -0.05) is 23.7 Å². The molecule has 0 aliphatic carbocycles. The van der Waals surface area contributed by atoms with E-state index in [1.54, 1.807) is 18.2 Å². The van der Waals surface area contributed by atoms with E-state index in [2.05, 4.69) is 5.32 Å². The van der Waals surface area contributed by atoms with E-state index in [9.17, 15) is 22.2 Å². The Bertz CT molecular complexity index is 749. The lowest BCUT2D eigenvalue weighted by atomic mass is 10.2. The first-order valence-electron chi connectivity index (χ1n) is 6.37. The molecule has 0 aliphatic rings. The van der Waals surface area contributed by atoms with Crippen molar-refractivity contribution < 1.29 is 22.2 Å². The lowest BCUT2D eigenvalue weighted by molar-refractivity contribution is -0.137. The summed E-state index contributed by atoms with van der Waals surface area (Å²) in [6.45, 7) is 0. The molecule has 0 aliphatic heterocycles. The van der Waals surface area contributed by atoms with Crippen LogP contribution in [0.15, 0.2) is 53.4 Å².